The Morgan fingerprint density at radius 1 is 1.25 bits per heavy atom. The Kier molecular flexibility index (Phi) is 3.47. The number of halogens is 2. The molecule has 0 bridgehead atoms. The van der Waals surface area contributed by atoms with Gasteiger partial charge < -0.3 is 9.84 Å². The van der Waals surface area contributed by atoms with Crippen molar-refractivity contribution in [2.45, 2.75) is 12.2 Å². The van der Waals surface area contributed by atoms with Gasteiger partial charge in [-0.05, 0) is 37.4 Å². The number of hydrogen-bond acceptors (Lipinski definition) is 3. The van der Waals surface area contributed by atoms with Crippen molar-refractivity contribution in [3.05, 3.63) is 44.9 Å². The highest BCUT2D eigenvalue weighted by molar-refractivity contribution is 9.14. The molecule has 0 radical (unpaired) electrons. The lowest BCUT2D eigenvalue weighted by molar-refractivity contribution is -0.143. The van der Waals surface area contributed by atoms with Crippen LogP contribution in [-0.4, -0.2) is 17.2 Å². The molecule has 2 atom stereocenters. The molecule has 1 aromatic rings. The number of aliphatic hydroxyl groups excluding tert-OH is 1. The van der Waals surface area contributed by atoms with Gasteiger partial charge >= 0.3 is 5.97 Å². The zero-order valence-electron chi connectivity index (χ0n) is 8.06. The van der Waals surface area contributed by atoms with E-state index in [0.717, 1.165) is 0 Å². The Morgan fingerprint density at radius 2 is 1.88 bits per heavy atom. The third kappa shape index (κ3) is 2.07. The first-order valence-corrected chi connectivity index (χ1v) is 6.19. The number of cyclic esters (lactones) is 1. The number of rotatable bonds is 2. The average molecular weight is 348 g/mol. The second-order valence-electron chi connectivity index (χ2n) is 3.34. The smallest absolute Gasteiger partial charge is 0.346 e. The van der Waals surface area contributed by atoms with Crippen LogP contribution >= 0.6 is 31.9 Å². The van der Waals surface area contributed by atoms with Gasteiger partial charge in [-0.2, -0.15) is 0 Å². The van der Waals surface area contributed by atoms with E-state index >= 15 is 0 Å². The SMILES string of the molecule is O=C1O[C@@H]([C@H](O)c2ccccc2)C(Br)=C1Br. The Morgan fingerprint density at radius 3 is 2.38 bits per heavy atom. The summed E-state index contributed by atoms with van der Waals surface area (Å²) in [6, 6.07) is 9.07. The summed E-state index contributed by atoms with van der Waals surface area (Å²) in [5.41, 5.74) is 0.708. The summed E-state index contributed by atoms with van der Waals surface area (Å²) in [5.74, 6) is -0.466. The Balaban J connectivity index is 2.25. The fourth-order valence-corrected chi connectivity index (χ4v) is 2.29. The number of carbonyl (C=O) groups excluding carboxylic acids is 1. The summed E-state index contributed by atoms with van der Waals surface area (Å²) in [6.07, 6.45) is -1.54. The second kappa shape index (κ2) is 4.69. The van der Waals surface area contributed by atoms with Gasteiger partial charge in [-0.1, -0.05) is 30.3 Å². The van der Waals surface area contributed by atoms with Crippen molar-refractivity contribution in [2.75, 3.05) is 0 Å². The van der Waals surface area contributed by atoms with Crippen LogP contribution in [0, 0.1) is 0 Å². The van der Waals surface area contributed by atoms with Crippen LogP contribution in [0.15, 0.2) is 39.3 Å². The zero-order chi connectivity index (χ0) is 11.7. The van der Waals surface area contributed by atoms with Gasteiger partial charge in [0.15, 0.2) is 6.10 Å². The van der Waals surface area contributed by atoms with Crippen molar-refractivity contribution in [1.82, 2.24) is 0 Å². The monoisotopic (exact) mass is 346 g/mol. The molecule has 0 amide bonds. The topological polar surface area (TPSA) is 46.5 Å². The molecule has 84 valence electrons. The highest BCUT2D eigenvalue weighted by Gasteiger charge is 2.36. The van der Waals surface area contributed by atoms with E-state index in [0.29, 0.717) is 14.5 Å². The molecule has 0 fully saturated rings. The summed E-state index contributed by atoms with van der Waals surface area (Å²) >= 11 is 6.33. The number of benzene rings is 1. The normalized spacial score (nSPS) is 22.2. The Bertz CT molecular complexity index is 442. The first kappa shape index (κ1) is 11.8. The highest BCUT2D eigenvalue weighted by Crippen LogP contribution is 2.37. The van der Waals surface area contributed by atoms with Crippen LogP contribution in [0.5, 0.6) is 0 Å². The predicted octanol–water partition coefficient (Wildman–Crippen LogP) is 2.65. The first-order valence-electron chi connectivity index (χ1n) is 4.60. The quantitative estimate of drug-likeness (QED) is 0.836. The average Bonchev–Trinajstić information content (AvgIpc) is 2.57. The van der Waals surface area contributed by atoms with Gasteiger partial charge in [-0.25, -0.2) is 4.79 Å². The highest BCUT2D eigenvalue weighted by atomic mass is 79.9. The zero-order valence-corrected chi connectivity index (χ0v) is 11.2. The first-order chi connectivity index (χ1) is 7.61. The standard InChI is InChI=1S/C11H8Br2O3/c12-7-8(13)11(15)16-10(7)9(14)6-4-2-1-3-5-6/h1-5,9-10,14H/t9-,10-/m1/s1. The van der Waals surface area contributed by atoms with Crippen LogP contribution in [0.3, 0.4) is 0 Å². The summed E-state index contributed by atoms with van der Waals surface area (Å²) in [6.45, 7) is 0. The van der Waals surface area contributed by atoms with E-state index in [-0.39, 0.29) is 0 Å². The van der Waals surface area contributed by atoms with Crippen molar-refractivity contribution in [3.63, 3.8) is 0 Å². The van der Waals surface area contributed by atoms with Gasteiger partial charge in [-0.15, -0.1) is 0 Å². The molecule has 0 aromatic heterocycles. The molecule has 1 heterocycles. The van der Waals surface area contributed by atoms with E-state index in [1.54, 1.807) is 12.1 Å². The molecular formula is C11H8Br2O3. The minimum absolute atomic E-state index is 0.326. The fraction of sp³-hybridized carbons (Fsp3) is 0.182. The summed E-state index contributed by atoms with van der Waals surface area (Å²) in [7, 11) is 0. The summed E-state index contributed by atoms with van der Waals surface area (Å²) in [5, 5.41) is 10.1. The van der Waals surface area contributed by atoms with Crippen molar-refractivity contribution >= 4 is 37.8 Å². The molecule has 1 aliphatic rings. The number of aliphatic hydroxyl groups is 1. The van der Waals surface area contributed by atoms with E-state index in [1.165, 1.54) is 0 Å². The lowest BCUT2D eigenvalue weighted by Gasteiger charge is -2.18. The lowest BCUT2D eigenvalue weighted by atomic mass is 10.0. The molecule has 0 saturated carbocycles. The van der Waals surface area contributed by atoms with Gasteiger partial charge in [0.25, 0.3) is 0 Å². The minimum atomic E-state index is -0.866. The van der Waals surface area contributed by atoms with Gasteiger partial charge in [0.05, 0.1) is 4.48 Å². The number of carbonyl (C=O) groups is 1. The van der Waals surface area contributed by atoms with E-state index in [2.05, 4.69) is 31.9 Å². The van der Waals surface area contributed by atoms with Crippen LogP contribution < -0.4 is 0 Å². The van der Waals surface area contributed by atoms with Crippen LogP contribution in [-0.2, 0) is 9.53 Å². The molecule has 0 spiro atoms. The second-order valence-corrected chi connectivity index (χ2v) is 4.99. The lowest BCUT2D eigenvalue weighted by Crippen LogP contribution is -2.20. The van der Waals surface area contributed by atoms with Gasteiger partial charge in [0, 0.05) is 0 Å². The van der Waals surface area contributed by atoms with E-state index < -0.39 is 18.2 Å². The number of esters is 1. The molecule has 16 heavy (non-hydrogen) atoms. The summed E-state index contributed by atoms with van der Waals surface area (Å²) in [4.78, 5) is 11.3. The Hall–Kier alpha value is -0.650. The van der Waals surface area contributed by atoms with Crippen LogP contribution in [0.1, 0.15) is 11.7 Å². The maximum atomic E-state index is 11.3. The maximum Gasteiger partial charge on any atom is 0.346 e. The molecule has 5 heteroatoms. The molecule has 0 unspecified atom stereocenters. The fourth-order valence-electron chi connectivity index (χ4n) is 1.47. The molecule has 0 saturated heterocycles. The van der Waals surface area contributed by atoms with E-state index in [1.807, 2.05) is 18.2 Å². The minimum Gasteiger partial charge on any atom is -0.450 e. The molecule has 3 nitrogen and oxygen atoms in total. The van der Waals surface area contributed by atoms with Gasteiger partial charge in [-0.3, -0.25) is 0 Å². The van der Waals surface area contributed by atoms with Crippen molar-refractivity contribution < 1.29 is 14.6 Å². The largest absolute Gasteiger partial charge is 0.450 e. The molecule has 1 aromatic carbocycles. The van der Waals surface area contributed by atoms with Gasteiger partial charge in [0.1, 0.15) is 10.6 Å². The van der Waals surface area contributed by atoms with Crippen LogP contribution in [0.2, 0.25) is 0 Å². The van der Waals surface area contributed by atoms with Crippen molar-refractivity contribution in [1.29, 1.82) is 0 Å². The molecule has 0 aliphatic carbocycles. The maximum absolute atomic E-state index is 11.3. The third-order valence-electron chi connectivity index (χ3n) is 2.30. The van der Waals surface area contributed by atoms with E-state index in [9.17, 15) is 9.90 Å². The van der Waals surface area contributed by atoms with Gasteiger partial charge in [0.2, 0.25) is 0 Å². The molecule has 1 N–H and O–H groups in total. The van der Waals surface area contributed by atoms with E-state index in [4.69, 9.17) is 4.74 Å². The van der Waals surface area contributed by atoms with Crippen LogP contribution in [0.25, 0.3) is 0 Å². The number of hydrogen-bond donors (Lipinski definition) is 1. The third-order valence-corrected chi connectivity index (χ3v) is 4.43. The molecular weight excluding hydrogens is 340 g/mol. The van der Waals surface area contributed by atoms with Crippen molar-refractivity contribution in [2.24, 2.45) is 0 Å². The van der Waals surface area contributed by atoms with Crippen molar-refractivity contribution in [3.8, 4) is 0 Å². The Labute approximate surface area is 109 Å². The van der Waals surface area contributed by atoms with Crippen LogP contribution in [0.4, 0.5) is 0 Å². The number of ether oxygens (including phenoxy) is 1. The molecule has 2 rings (SSSR count). The summed E-state index contributed by atoms with van der Waals surface area (Å²) < 4.78 is 5.91. The molecule has 1 aliphatic heterocycles. The predicted molar refractivity (Wildman–Crippen MR) is 66.2 cm³/mol.